The van der Waals surface area contributed by atoms with Gasteiger partial charge in [-0.25, -0.2) is 0 Å². The van der Waals surface area contributed by atoms with Crippen molar-refractivity contribution in [2.24, 2.45) is 11.3 Å². The van der Waals surface area contributed by atoms with Crippen LogP contribution in [0.5, 0.6) is 11.5 Å². The molecule has 1 N–H and O–H groups in total. The molecular formula is C17H23NO2. The van der Waals surface area contributed by atoms with Crippen LogP contribution in [0, 0.1) is 11.3 Å². The van der Waals surface area contributed by atoms with Crippen LogP contribution in [0.15, 0.2) is 18.2 Å². The number of fused-ring (bicyclic) bond motifs is 1. The molecule has 0 aromatic heterocycles. The van der Waals surface area contributed by atoms with Crippen molar-refractivity contribution in [3.63, 3.8) is 0 Å². The summed E-state index contributed by atoms with van der Waals surface area (Å²) in [4.78, 5) is 0. The predicted molar refractivity (Wildman–Crippen MR) is 78.4 cm³/mol. The van der Waals surface area contributed by atoms with Gasteiger partial charge in [0.1, 0.15) is 0 Å². The maximum absolute atomic E-state index is 6.02. The van der Waals surface area contributed by atoms with E-state index in [9.17, 15) is 0 Å². The van der Waals surface area contributed by atoms with Crippen LogP contribution >= 0.6 is 0 Å². The quantitative estimate of drug-likeness (QED) is 0.899. The van der Waals surface area contributed by atoms with Crippen molar-refractivity contribution in [3.05, 3.63) is 23.8 Å². The molecule has 0 atom stereocenters. The van der Waals surface area contributed by atoms with E-state index in [1.807, 2.05) is 0 Å². The Morgan fingerprint density at radius 1 is 1.05 bits per heavy atom. The van der Waals surface area contributed by atoms with E-state index in [0.29, 0.717) is 5.41 Å². The molecule has 0 bridgehead atoms. The fraction of sp³-hybridized carbons (Fsp3) is 0.647. The third-order valence-electron chi connectivity index (χ3n) is 5.02. The van der Waals surface area contributed by atoms with Crippen LogP contribution in [0.2, 0.25) is 0 Å². The van der Waals surface area contributed by atoms with Gasteiger partial charge in [0, 0.05) is 5.41 Å². The highest BCUT2D eigenvalue weighted by atomic mass is 16.5. The topological polar surface area (TPSA) is 30.5 Å². The Hall–Kier alpha value is -1.22. The smallest absolute Gasteiger partial charge is 0.161 e. The normalized spacial score (nSPS) is 24.4. The predicted octanol–water partition coefficient (Wildman–Crippen LogP) is 2.78. The first kappa shape index (κ1) is 12.5. The van der Waals surface area contributed by atoms with Crippen molar-refractivity contribution in [1.29, 1.82) is 0 Å². The molecule has 0 unspecified atom stereocenters. The lowest BCUT2D eigenvalue weighted by molar-refractivity contribution is 0.197. The van der Waals surface area contributed by atoms with Crippen molar-refractivity contribution < 1.29 is 9.47 Å². The summed E-state index contributed by atoms with van der Waals surface area (Å²) in [5.41, 5.74) is 1.72. The van der Waals surface area contributed by atoms with Gasteiger partial charge in [0.05, 0.1) is 13.2 Å². The highest BCUT2D eigenvalue weighted by molar-refractivity contribution is 5.44. The van der Waals surface area contributed by atoms with E-state index >= 15 is 0 Å². The first-order valence-corrected chi connectivity index (χ1v) is 7.92. The molecule has 2 aliphatic heterocycles. The molecule has 1 saturated heterocycles. The fourth-order valence-electron chi connectivity index (χ4n) is 3.30. The summed E-state index contributed by atoms with van der Waals surface area (Å²) < 4.78 is 12.0. The van der Waals surface area contributed by atoms with E-state index in [1.165, 1.54) is 37.7 Å². The van der Waals surface area contributed by atoms with Gasteiger partial charge in [-0.2, -0.15) is 0 Å². The number of ether oxygens (including phenoxy) is 2. The van der Waals surface area contributed by atoms with Gasteiger partial charge < -0.3 is 14.8 Å². The van der Waals surface area contributed by atoms with E-state index in [-0.39, 0.29) is 0 Å². The lowest BCUT2D eigenvalue weighted by Crippen LogP contribution is -2.28. The van der Waals surface area contributed by atoms with Gasteiger partial charge in [-0.05, 0) is 68.8 Å². The monoisotopic (exact) mass is 273 g/mol. The number of hydrogen-bond acceptors (Lipinski definition) is 3. The highest BCUT2D eigenvalue weighted by Gasteiger charge is 2.46. The molecule has 2 fully saturated rings. The first-order valence-electron chi connectivity index (χ1n) is 7.92. The second-order valence-electron chi connectivity index (χ2n) is 6.76. The number of piperidine rings is 1. The molecule has 1 saturated carbocycles. The van der Waals surface area contributed by atoms with Gasteiger partial charge in [0.2, 0.25) is 0 Å². The summed E-state index contributed by atoms with van der Waals surface area (Å²) in [7, 11) is 0. The highest BCUT2D eigenvalue weighted by Crippen LogP contribution is 2.49. The van der Waals surface area contributed by atoms with E-state index < -0.39 is 0 Å². The SMILES string of the molecule is c1cc2c(cc1CC1CCNCC1)OCC1(CC1)CO2. The lowest BCUT2D eigenvalue weighted by atomic mass is 9.91. The van der Waals surface area contributed by atoms with Crippen molar-refractivity contribution in [2.45, 2.75) is 32.1 Å². The van der Waals surface area contributed by atoms with Crippen molar-refractivity contribution in [1.82, 2.24) is 5.32 Å². The molecule has 4 rings (SSSR count). The minimum absolute atomic E-state index is 0.328. The molecule has 20 heavy (non-hydrogen) atoms. The Bertz CT molecular complexity index is 490. The number of nitrogens with one attached hydrogen (secondary N) is 1. The summed E-state index contributed by atoms with van der Waals surface area (Å²) in [6.45, 7) is 3.99. The first-order chi connectivity index (χ1) is 9.83. The van der Waals surface area contributed by atoms with Crippen LogP contribution < -0.4 is 14.8 Å². The molecule has 108 valence electrons. The van der Waals surface area contributed by atoms with Crippen molar-refractivity contribution in [3.8, 4) is 11.5 Å². The fourth-order valence-corrected chi connectivity index (χ4v) is 3.30. The Morgan fingerprint density at radius 2 is 1.80 bits per heavy atom. The second kappa shape index (κ2) is 4.96. The summed E-state index contributed by atoms with van der Waals surface area (Å²) >= 11 is 0. The second-order valence-corrected chi connectivity index (χ2v) is 6.76. The van der Waals surface area contributed by atoms with Gasteiger partial charge >= 0.3 is 0 Å². The summed E-state index contributed by atoms with van der Waals surface area (Å²) in [5, 5.41) is 3.43. The van der Waals surface area contributed by atoms with Crippen LogP contribution in [-0.4, -0.2) is 26.3 Å². The number of hydrogen-bond donors (Lipinski definition) is 1. The maximum atomic E-state index is 6.02. The minimum atomic E-state index is 0.328. The third-order valence-corrected chi connectivity index (χ3v) is 5.02. The summed E-state index contributed by atoms with van der Waals surface area (Å²) in [6.07, 6.45) is 6.25. The zero-order valence-electron chi connectivity index (χ0n) is 12.0. The average Bonchev–Trinajstić information content (AvgIpc) is 3.28. The molecule has 2 heterocycles. The molecule has 0 amide bonds. The van der Waals surface area contributed by atoms with E-state index in [2.05, 4.69) is 23.5 Å². The summed E-state index contributed by atoms with van der Waals surface area (Å²) in [5.74, 6) is 2.71. The lowest BCUT2D eigenvalue weighted by Gasteiger charge is -2.22. The minimum Gasteiger partial charge on any atom is -0.489 e. The van der Waals surface area contributed by atoms with Crippen molar-refractivity contribution >= 4 is 0 Å². The molecule has 1 spiro atoms. The largest absolute Gasteiger partial charge is 0.489 e. The van der Waals surface area contributed by atoms with Crippen LogP contribution in [0.4, 0.5) is 0 Å². The third kappa shape index (κ3) is 2.51. The van der Waals surface area contributed by atoms with Crippen LogP contribution in [0.1, 0.15) is 31.2 Å². The number of benzene rings is 1. The molecule has 0 radical (unpaired) electrons. The van der Waals surface area contributed by atoms with Gasteiger partial charge in [-0.3, -0.25) is 0 Å². The molecular weight excluding hydrogens is 250 g/mol. The van der Waals surface area contributed by atoms with Crippen LogP contribution in [-0.2, 0) is 6.42 Å². The van der Waals surface area contributed by atoms with Gasteiger partial charge in [0.15, 0.2) is 11.5 Å². The van der Waals surface area contributed by atoms with Crippen LogP contribution in [0.3, 0.4) is 0 Å². The van der Waals surface area contributed by atoms with Crippen LogP contribution in [0.25, 0.3) is 0 Å². The zero-order chi connectivity index (χ0) is 13.4. The molecule has 3 nitrogen and oxygen atoms in total. The Labute approximate surface area is 120 Å². The summed E-state index contributed by atoms with van der Waals surface area (Å²) in [6, 6.07) is 6.53. The van der Waals surface area contributed by atoms with Gasteiger partial charge in [-0.15, -0.1) is 0 Å². The van der Waals surface area contributed by atoms with Gasteiger partial charge in [0.25, 0.3) is 0 Å². The van der Waals surface area contributed by atoms with Crippen molar-refractivity contribution in [2.75, 3.05) is 26.3 Å². The van der Waals surface area contributed by atoms with Gasteiger partial charge in [-0.1, -0.05) is 6.07 Å². The van der Waals surface area contributed by atoms with E-state index in [4.69, 9.17) is 9.47 Å². The Kier molecular flexibility index (Phi) is 3.10. The molecule has 1 aromatic carbocycles. The average molecular weight is 273 g/mol. The maximum Gasteiger partial charge on any atom is 0.161 e. The van der Waals surface area contributed by atoms with E-state index in [1.54, 1.807) is 0 Å². The zero-order valence-corrected chi connectivity index (χ0v) is 12.0. The molecule has 3 aliphatic rings. The Balaban J connectivity index is 1.48. The molecule has 3 heteroatoms. The molecule has 1 aromatic rings. The van der Waals surface area contributed by atoms with E-state index in [0.717, 1.165) is 43.7 Å². The Morgan fingerprint density at radius 3 is 2.55 bits per heavy atom. The standard InChI is InChI=1S/C17H23NO2/c1-2-15-16(20-12-17(5-6-17)11-19-15)10-14(1)9-13-3-7-18-8-4-13/h1-2,10,13,18H,3-9,11-12H2. The molecule has 1 aliphatic carbocycles. The number of rotatable bonds is 2.